The van der Waals surface area contributed by atoms with Crippen molar-refractivity contribution in [2.45, 2.75) is 0 Å². The van der Waals surface area contributed by atoms with Gasteiger partial charge in [-0.1, -0.05) is 23.2 Å². The highest BCUT2D eigenvalue weighted by atomic mass is 79.9. The number of benzene rings is 1. The highest BCUT2D eigenvalue weighted by molar-refractivity contribution is 9.10. The van der Waals surface area contributed by atoms with Gasteiger partial charge in [-0.05, 0) is 34.1 Å². The van der Waals surface area contributed by atoms with Gasteiger partial charge in [0.1, 0.15) is 5.69 Å². The SMILES string of the molecule is O=C(Nc1cc(Cl)cc(Cl)c1O)c1cc(Br)c[nH]1. The summed E-state index contributed by atoms with van der Waals surface area (Å²) in [5, 5.41) is 12.6. The molecule has 0 spiro atoms. The van der Waals surface area contributed by atoms with E-state index >= 15 is 0 Å². The van der Waals surface area contributed by atoms with Gasteiger partial charge in [-0.25, -0.2) is 0 Å². The van der Waals surface area contributed by atoms with E-state index in [4.69, 9.17) is 23.2 Å². The molecular formula is C11H7BrCl2N2O2. The van der Waals surface area contributed by atoms with Crippen molar-refractivity contribution >= 4 is 50.7 Å². The first-order valence-electron chi connectivity index (χ1n) is 4.80. The monoisotopic (exact) mass is 348 g/mol. The Bertz CT molecular complexity index is 613. The lowest BCUT2D eigenvalue weighted by Crippen LogP contribution is -2.12. The lowest BCUT2D eigenvalue weighted by Gasteiger charge is -2.08. The molecule has 7 heteroatoms. The number of carbonyl (C=O) groups excluding carboxylic acids is 1. The first kappa shape index (κ1) is 13.3. The Labute approximate surface area is 121 Å². The fourth-order valence-electron chi connectivity index (χ4n) is 1.35. The molecule has 0 atom stereocenters. The highest BCUT2D eigenvalue weighted by Crippen LogP contribution is 2.35. The Morgan fingerprint density at radius 1 is 1.33 bits per heavy atom. The maximum atomic E-state index is 11.8. The second-order valence-electron chi connectivity index (χ2n) is 3.47. The molecule has 0 aliphatic rings. The van der Waals surface area contributed by atoms with E-state index in [0.29, 0.717) is 10.7 Å². The molecule has 1 aromatic carbocycles. The summed E-state index contributed by atoms with van der Waals surface area (Å²) in [7, 11) is 0. The van der Waals surface area contributed by atoms with Crippen LogP contribution in [0.2, 0.25) is 10.0 Å². The number of hydrogen-bond donors (Lipinski definition) is 3. The number of carbonyl (C=O) groups is 1. The van der Waals surface area contributed by atoms with E-state index in [1.165, 1.54) is 12.1 Å². The van der Waals surface area contributed by atoms with Gasteiger partial charge < -0.3 is 15.4 Å². The number of phenolic OH excluding ortho intramolecular Hbond substituents is 1. The summed E-state index contributed by atoms with van der Waals surface area (Å²) in [4.78, 5) is 14.6. The van der Waals surface area contributed by atoms with Crippen molar-refractivity contribution in [3.8, 4) is 5.75 Å². The molecule has 0 aliphatic heterocycles. The second kappa shape index (κ2) is 5.22. The van der Waals surface area contributed by atoms with Gasteiger partial charge in [0.05, 0.1) is 10.7 Å². The number of phenols is 1. The van der Waals surface area contributed by atoms with Gasteiger partial charge in [0, 0.05) is 15.7 Å². The molecule has 0 fully saturated rings. The van der Waals surface area contributed by atoms with Crippen LogP contribution in [0, 0.1) is 0 Å². The van der Waals surface area contributed by atoms with E-state index in [1.54, 1.807) is 12.3 Å². The lowest BCUT2D eigenvalue weighted by atomic mass is 10.2. The van der Waals surface area contributed by atoms with Crippen molar-refractivity contribution in [1.82, 2.24) is 4.98 Å². The third-order valence-electron chi connectivity index (χ3n) is 2.17. The molecule has 1 amide bonds. The molecule has 0 radical (unpaired) electrons. The van der Waals surface area contributed by atoms with Crippen LogP contribution >= 0.6 is 39.1 Å². The zero-order chi connectivity index (χ0) is 13.3. The second-order valence-corrected chi connectivity index (χ2v) is 5.23. The molecule has 0 saturated heterocycles. The van der Waals surface area contributed by atoms with Crippen molar-refractivity contribution in [3.63, 3.8) is 0 Å². The average molecular weight is 350 g/mol. The summed E-state index contributed by atoms with van der Waals surface area (Å²) in [6, 6.07) is 4.41. The van der Waals surface area contributed by atoms with E-state index in [2.05, 4.69) is 26.2 Å². The molecule has 0 aliphatic carbocycles. The number of anilines is 1. The summed E-state index contributed by atoms with van der Waals surface area (Å²) in [5.74, 6) is -0.630. The molecule has 2 aromatic rings. The molecular weight excluding hydrogens is 343 g/mol. The van der Waals surface area contributed by atoms with Crippen LogP contribution in [0.5, 0.6) is 5.75 Å². The molecule has 1 heterocycles. The van der Waals surface area contributed by atoms with E-state index in [-0.39, 0.29) is 16.5 Å². The van der Waals surface area contributed by atoms with Crippen molar-refractivity contribution in [1.29, 1.82) is 0 Å². The predicted octanol–water partition coefficient (Wildman–Crippen LogP) is 4.04. The molecule has 2 rings (SSSR count). The maximum absolute atomic E-state index is 11.8. The standard InChI is InChI=1S/C11H7BrCl2N2O2/c12-5-1-9(15-4-5)11(18)16-8-3-6(13)2-7(14)10(8)17/h1-4,15,17H,(H,16,18). The highest BCUT2D eigenvalue weighted by Gasteiger charge is 2.13. The zero-order valence-corrected chi connectivity index (χ0v) is 11.9. The maximum Gasteiger partial charge on any atom is 0.272 e. The Balaban J connectivity index is 2.27. The summed E-state index contributed by atoms with van der Waals surface area (Å²) >= 11 is 14.8. The molecule has 0 unspecified atom stereocenters. The number of rotatable bonds is 2. The number of nitrogens with one attached hydrogen (secondary N) is 2. The van der Waals surface area contributed by atoms with Gasteiger partial charge in [-0.15, -0.1) is 0 Å². The quantitative estimate of drug-likeness (QED) is 0.716. The molecule has 3 N–H and O–H groups in total. The zero-order valence-electron chi connectivity index (χ0n) is 8.80. The van der Waals surface area contributed by atoms with E-state index in [0.717, 1.165) is 4.47 Å². The van der Waals surface area contributed by atoms with Gasteiger partial charge in [0.15, 0.2) is 5.75 Å². The van der Waals surface area contributed by atoms with Gasteiger partial charge >= 0.3 is 0 Å². The number of H-pyrrole nitrogens is 1. The Hall–Kier alpha value is -1.17. The van der Waals surface area contributed by atoms with Crippen molar-refractivity contribution in [2.24, 2.45) is 0 Å². The van der Waals surface area contributed by atoms with Gasteiger partial charge in [-0.3, -0.25) is 4.79 Å². The molecule has 0 saturated carbocycles. The number of aromatic nitrogens is 1. The van der Waals surface area contributed by atoms with E-state index in [1.807, 2.05) is 0 Å². The largest absolute Gasteiger partial charge is 0.504 e. The smallest absolute Gasteiger partial charge is 0.272 e. The van der Waals surface area contributed by atoms with Crippen molar-refractivity contribution in [2.75, 3.05) is 5.32 Å². The summed E-state index contributed by atoms with van der Waals surface area (Å²) in [6.07, 6.45) is 1.62. The van der Waals surface area contributed by atoms with Crippen molar-refractivity contribution < 1.29 is 9.90 Å². The minimum Gasteiger partial charge on any atom is -0.504 e. The fourth-order valence-corrected chi connectivity index (χ4v) is 2.19. The van der Waals surface area contributed by atoms with Crippen molar-refractivity contribution in [3.05, 3.63) is 44.6 Å². The summed E-state index contributed by atoms with van der Waals surface area (Å²) in [6.45, 7) is 0. The van der Waals surface area contributed by atoms with Crippen LogP contribution in [0.1, 0.15) is 10.5 Å². The average Bonchev–Trinajstić information content (AvgIpc) is 2.72. The normalized spacial score (nSPS) is 10.4. The molecule has 0 bridgehead atoms. The minimum atomic E-state index is -0.408. The number of hydrogen-bond acceptors (Lipinski definition) is 2. The molecule has 94 valence electrons. The van der Waals surface area contributed by atoms with Crippen LogP contribution in [0.25, 0.3) is 0 Å². The third-order valence-corrected chi connectivity index (χ3v) is 3.13. The first-order chi connectivity index (χ1) is 8.47. The van der Waals surface area contributed by atoms with Crippen LogP contribution in [0.4, 0.5) is 5.69 Å². The first-order valence-corrected chi connectivity index (χ1v) is 6.35. The fraction of sp³-hybridized carbons (Fsp3) is 0. The van der Waals surface area contributed by atoms with Gasteiger partial charge in [0.2, 0.25) is 0 Å². The van der Waals surface area contributed by atoms with E-state index < -0.39 is 5.91 Å². The Morgan fingerprint density at radius 2 is 2.06 bits per heavy atom. The number of halogens is 3. The van der Waals surface area contributed by atoms with Crippen LogP contribution in [0.15, 0.2) is 28.9 Å². The number of amides is 1. The van der Waals surface area contributed by atoms with E-state index in [9.17, 15) is 9.90 Å². The summed E-state index contributed by atoms with van der Waals surface area (Å²) in [5.41, 5.74) is 0.501. The Morgan fingerprint density at radius 3 is 2.67 bits per heavy atom. The third kappa shape index (κ3) is 2.80. The Kier molecular flexibility index (Phi) is 3.85. The summed E-state index contributed by atoms with van der Waals surface area (Å²) < 4.78 is 0.751. The number of aromatic amines is 1. The topological polar surface area (TPSA) is 65.1 Å². The molecule has 1 aromatic heterocycles. The van der Waals surface area contributed by atoms with Gasteiger partial charge in [0.25, 0.3) is 5.91 Å². The predicted molar refractivity (Wildman–Crippen MR) is 74.6 cm³/mol. The van der Waals surface area contributed by atoms with Gasteiger partial charge in [-0.2, -0.15) is 0 Å². The minimum absolute atomic E-state index is 0.0745. The molecule has 18 heavy (non-hydrogen) atoms. The molecule has 4 nitrogen and oxygen atoms in total. The van der Waals surface area contributed by atoms with Crippen LogP contribution < -0.4 is 5.32 Å². The van der Waals surface area contributed by atoms with Crippen LogP contribution in [0.3, 0.4) is 0 Å². The lowest BCUT2D eigenvalue weighted by molar-refractivity contribution is 0.102. The van der Waals surface area contributed by atoms with Crippen LogP contribution in [-0.2, 0) is 0 Å². The number of aromatic hydroxyl groups is 1. The van der Waals surface area contributed by atoms with Crippen LogP contribution in [-0.4, -0.2) is 16.0 Å².